The first-order valence-electron chi connectivity index (χ1n) is 5.64. The smallest absolute Gasteiger partial charge is 0.322 e. The molecule has 1 heterocycles. The molecule has 1 atom stereocenters. The Hall–Kier alpha value is -1.61. The lowest BCUT2D eigenvalue weighted by atomic mass is 10.2. The number of hydrogen-bond donors (Lipinski definition) is 1. The third kappa shape index (κ3) is 2.38. The minimum atomic E-state index is -4.39. The topological polar surface area (TPSA) is 74.7 Å². The first kappa shape index (κ1) is 14.8. The first-order chi connectivity index (χ1) is 9.25. The van der Waals surface area contributed by atoms with E-state index in [0.717, 1.165) is 0 Å². The summed E-state index contributed by atoms with van der Waals surface area (Å²) in [7, 11) is -4.39. The molecule has 1 aliphatic heterocycles. The fourth-order valence-electron chi connectivity index (χ4n) is 2.09. The molecule has 1 aliphatic rings. The van der Waals surface area contributed by atoms with Crippen LogP contribution in [0, 0.1) is 17.5 Å². The Labute approximate surface area is 112 Å². The lowest BCUT2D eigenvalue weighted by Crippen LogP contribution is -2.40. The number of nitrogens with zero attached hydrogens (tertiary/aromatic N) is 1. The van der Waals surface area contributed by atoms with E-state index >= 15 is 0 Å². The molecule has 0 saturated carbocycles. The number of carboxylic acid groups (broad SMARTS) is 1. The Morgan fingerprint density at radius 3 is 2.30 bits per heavy atom. The van der Waals surface area contributed by atoms with Gasteiger partial charge in [0.2, 0.25) is 10.0 Å². The molecular formula is C11H10F3NO4S. The van der Waals surface area contributed by atoms with Crippen molar-refractivity contribution < 1.29 is 31.5 Å². The minimum Gasteiger partial charge on any atom is -0.480 e. The first-order valence-corrected chi connectivity index (χ1v) is 7.08. The van der Waals surface area contributed by atoms with E-state index in [1.165, 1.54) is 0 Å². The zero-order valence-corrected chi connectivity index (χ0v) is 10.8. The van der Waals surface area contributed by atoms with E-state index in [2.05, 4.69) is 0 Å². The molecule has 1 N–H and O–H groups in total. The van der Waals surface area contributed by atoms with Crippen LogP contribution >= 0.6 is 0 Å². The van der Waals surface area contributed by atoms with Crippen LogP contribution in [0.4, 0.5) is 13.2 Å². The van der Waals surface area contributed by atoms with Crippen LogP contribution < -0.4 is 0 Å². The summed E-state index contributed by atoms with van der Waals surface area (Å²) in [4.78, 5) is 10.2. The number of aliphatic carboxylic acids is 1. The lowest BCUT2D eigenvalue weighted by Gasteiger charge is -2.21. The standard InChI is InChI=1S/C11H10F3NO4S/c12-7-4-6(5-8(13)10(7)14)20(18,19)15-3-1-2-9(15)11(16)17/h4-5,9H,1-3H2,(H,16,17). The Balaban J connectivity index is 2.48. The second kappa shape index (κ2) is 5.06. The monoisotopic (exact) mass is 309 g/mol. The summed E-state index contributed by atoms with van der Waals surface area (Å²) in [6, 6.07) is -0.605. The Kier molecular flexibility index (Phi) is 3.74. The molecular weight excluding hydrogens is 299 g/mol. The van der Waals surface area contributed by atoms with Crippen molar-refractivity contribution >= 4 is 16.0 Å². The number of sulfonamides is 1. The summed E-state index contributed by atoms with van der Waals surface area (Å²) in [6.07, 6.45) is 0.434. The number of rotatable bonds is 3. The molecule has 0 bridgehead atoms. The van der Waals surface area contributed by atoms with Gasteiger partial charge in [0.1, 0.15) is 6.04 Å². The summed E-state index contributed by atoms with van der Waals surface area (Å²) < 4.78 is 64.0. The average Bonchev–Trinajstić information content (AvgIpc) is 2.85. The second-order valence-corrected chi connectivity index (χ2v) is 6.20. The number of carboxylic acids is 1. The zero-order chi connectivity index (χ0) is 15.1. The molecule has 1 fully saturated rings. The average molecular weight is 309 g/mol. The van der Waals surface area contributed by atoms with Gasteiger partial charge in [0, 0.05) is 6.54 Å². The molecule has 1 saturated heterocycles. The van der Waals surface area contributed by atoms with E-state index in [-0.39, 0.29) is 13.0 Å². The van der Waals surface area contributed by atoms with E-state index in [4.69, 9.17) is 5.11 Å². The molecule has 0 aliphatic carbocycles. The highest BCUT2D eigenvalue weighted by molar-refractivity contribution is 7.89. The third-order valence-corrected chi connectivity index (χ3v) is 4.94. The normalized spacial score (nSPS) is 20.2. The molecule has 0 radical (unpaired) electrons. The summed E-state index contributed by atoms with van der Waals surface area (Å²) in [6.45, 7) is -0.0695. The highest BCUT2D eigenvalue weighted by Gasteiger charge is 2.40. The van der Waals surface area contributed by atoms with Gasteiger partial charge in [-0.25, -0.2) is 21.6 Å². The lowest BCUT2D eigenvalue weighted by molar-refractivity contribution is -0.140. The van der Waals surface area contributed by atoms with Gasteiger partial charge in [0.05, 0.1) is 4.90 Å². The van der Waals surface area contributed by atoms with E-state index in [9.17, 15) is 26.4 Å². The van der Waals surface area contributed by atoms with Gasteiger partial charge in [-0.15, -0.1) is 0 Å². The van der Waals surface area contributed by atoms with Crippen LogP contribution in [0.5, 0.6) is 0 Å². The maximum atomic E-state index is 13.1. The quantitative estimate of drug-likeness (QED) is 0.855. The molecule has 20 heavy (non-hydrogen) atoms. The van der Waals surface area contributed by atoms with Gasteiger partial charge in [-0.05, 0) is 25.0 Å². The molecule has 0 aromatic heterocycles. The molecule has 5 nitrogen and oxygen atoms in total. The van der Waals surface area contributed by atoms with E-state index in [1.807, 2.05) is 0 Å². The van der Waals surface area contributed by atoms with Gasteiger partial charge in [0.15, 0.2) is 17.5 Å². The molecule has 1 unspecified atom stereocenters. The van der Waals surface area contributed by atoms with Crippen LogP contribution in [-0.2, 0) is 14.8 Å². The van der Waals surface area contributed by atoms with Crippen LogP contribution in [0.15, 0.2) is 17.0 Å². The highest BCUT2D eigenvalue weighted by atomic mass is 32.2. The largest absolute Gasteiger partial charge is 0.480 e. The van der Waals surface area contributed by atoms with Crippen LogP contribution in [0.2, 0.25) is 0 Å². The van der Waals surface area contributed by atoms with Crippen molar-refractivity contribution in [2.75, 3.05) is 6.54 Å². The van der Waals surface area contributed by atoms with Gasteiger partial charge in [0.25, 0.3) is 0 Å². The van der Waals surface area contributed by atoms with Gasteiger partial charge < -0.3 is 5.11 Å². The van der Waals surface area contributed by atoms with Crippen molar-refractivity contribution in [1.82, 2.24) is 4.31 Å². The second-order valence-electron chi connectivity index (χ2n) is 4.31. The zero-order valence-electron chi connectivity index (χ0n) is 10.0. The van der Waals surface area contributed by atoms with Crippen molar-refractivity contribution in [3.8, 4) is 0 Å². The number of carbonyl (C=O) groups is 1. The predicted octanol–water partition coefficient (Wildman–Crippen LogP) is 1.34. The number of halogens is 3. The van der Waals surface area contributed by atoms with Gasteiger partial charge in [-0.2, -0.15) is 4.31 Å². The number of hydrogen-bond acceptors (Lipinski definition) is 3. The number of benzene rings is 1. The fraction of sp³-hybridized carbons (Fsp3) is 0.364. The molecule has 2 rings (SSSR count). The summed E-state index contributed by atoms with van der Waals surface area (Å²) in [5.41, 5.74) is 0. The molecule has 1 aromatic rings. The van der Waals surface area contributed by atoms with Crippen LogP contribution in [0.1, 0.15) is 12.8 Å². The Morgan fingerprint density at radius 1 is 1.25 bits per heavy atom. The summed E-state index contributed by atoms with van der Waals surface area (Å²) in [5, 5.41) is 8.93. The van der Waals surface area contributed by atoms with Gasteiger partial charge in [-0.3, -0.25) is 4.79 Å². The molecule has 9 heteroatoms. The summed E-state index contributed by atoms with van der Waals surface area (Å²) in [5.74, 6) is -6.40. The van der Waals surface area contributed by atoms with Crippen molar-refractivity contribution in [1.29, 1.82) is 0 Å². The van der Waals surface area contributed by atoms with E-state index < -0.39 is 44.4 Å². The van der Waals surface area contributed by atoms with Crippen LogP contribution in [0.25, 0.3) is 0 Å². The molecule has 0 spiro atoms. The highest BCUT2D eigenvalue weighted by Crippen LogP contribution is 2.27. The van der Waals surface area contributed by atoms with E-state index in [1.54, 1.807) is 0 Å². The third-order valence-electron chi connectivity index (χ3n) is 3.05. The van der Waals surface area contributed by atoms with Crippen molar-refractivity contribution in [2.24, 2.45) is 0 Å². The van der Waals surface area contributed by atoms with Crippen molar-refractivity contribution in [3.05, 3.63) is 29.6 Å². The van der Waals surface area contributed by atoms with Crippen molar-refractivity contribution in [3.63, 3.8) is 0 Å². The van der Waals surface area contributed by atoms with Crippen molar-refractivity contribution in [2.45, 2.75) is 23.8 Å². The molecule has 1 aromatic carbocycles. The Bertz CT molecular complexity index is 639. The fourth-order valence-corrected chi connectivity index (χ4v) is 3.77. The van der Waals surface area contributed by atoms with Crippen LogP contribution in [0.3, 0.4) is 0 Å². The summed E-state index contributed by atoms with van der Waals surface area (Å²) >= 11 is 0. The van der Waals surface area contributed by atoms with E-state index in [0.29, 0.717) is 22.9 Å². The van der Waals surface area contributed by atoms with Gasteiger partial charge >= 0.3 is 5.97 Å². The maximum absolute atomic E-state index is 13.1. The maximum Gasteiger partial charge on any atom is 0.322 e. The molecule has 0 amide bonds. The van der Waals surface area contributed by atoms with Crippen LogP contribution in [-0.4, -0.2) is 36.4 Å². The predicted molar refractivity (Wildman–Crippen MR) is 60.9 cm³/mol. The molecule has 110 valence electrons. The Morgan fingerprint density at radius 2 is 1.80 bits per heavy atom. The minimum absolute atomic E-state index is 0.0695. The van der Waals surface area contributed by atoms with Gasteiger partial charge in [-0.1, -0.05) is 0 Å². The SMILES string of the molecule is O=C(O)C1CCCN1S(=O)(=O)c1cc(F)c(F)c(F)c1.